The molecule has 2 amide bonds. The highest BCUT2D eigenvalue weighted by atomic mass is 19.1. The second kappa shape index (κ2) is 26.6. The minimum absolute atomic E-state index is 0.0567. The van der Waals surface area contributed by atoms with Crippen LogP contribution in [0.3, 0.4) is 0 Å². The topological polar surface area (TPSA) is 121 Å². The highest BCUT2D eigenvalue weighted by Gasteiger charge is 2.06. The third kappa shape index (κ3) is 30.3. The Morgan fingerprint density at radius 1 is 0.818 bits per heavy atom. The van der Waals surface area contributed by atoms with Crippen LogP contribution in [-0.4, -0.2) is 103 Å². The number of rotatable bonds is 22. The molecule has 0 aromatic heterocycles. The van der Waals surface area contributed by atoms with Gasteiger partial charge in [-0.2, -0.15) is 0 Å². The Balaban J connectivity index is 0. The van der Waals surface area contributed by atoms with Crippen LogP contribution >= 0.6 is 0 Å². The van der Waals surface area contributed by atoms with Crippen molar-refractivity contribution in [2.45, 2.75) is 40.3 Å². The Bertz CT molecular complexity index is 468. The summed E-state index contributed by atoms with van der Waals surface area (Å²) < 4.78 is 38.4. The summed E-state index contributed by atoms with van der Waals surface area (Å²) in [6, 6.07) is 0. The van der Waals surface area contributed by atoms with E-state index in [4.69, 9.17) is 23.7 Å². The average molecular weight is 483 g/mol. The van der Waals surface area contributed by atoms with Gasteiger partial charge in [-0.3, -0.25) is 14.4 Å². The van der Waals surface area contributed by atoms with Crippen molar-refractivity contribution in [2.75, 3.05) is 79.2 Å². The number of Topliss-reactive ketones (excluding diaryl/α,β-unsaturated/α-hetero) is 1. The molecule has 0 bridgehead atoms. The molecule has 0 aliphatic rings. The smallest absolute Gasteiger partial charge is 0.222 e. The fraction of sp³-hybridized carbons (Fsp3) is 0.864. The van der Waals surface area contributed by atoms with Gasteiger partial charge in [0.1, 0.15) is 12.8 Å². The van der Waals surface area contributed by atoms with E-state index in [1.165, 1.54) is 6.92 Å². The standard InChI is InChI=1S/C15H29NO7.C7H14FNO/c1-2-15(18)13-23-12-11-22-10-9-21-8-7-20-6-5-19-4-3-16-14-17;1-5(2)7(10)9-4-6(3)8/h14H,2-13H2,1H3,(H,16,17);5-6H,4H2,1-3H3,(H,9,10). The second-order valence-electron chi connectivity index (χ2n) is 7.15. The number of ether oxygens (including phenoxy) is 5. The second-order valence-corrected chi connectivity index (χ2v) is 7.15. The number of alkyl halides is 1. The summed E-state index contributed by atoms with van der Waals surface area (Å²) in [7, 11) is 0. The maximum absolute atomic E-state index is 12.1. The van der Waals surface area contributed by atoms with Gasteiger partial charge in [0.2, 0.25) is 12.3 Å². The number of carbonyl (C=O) groups excluding carboxylic acids is 3. The lowest BCUT2D eigenvalue weighted by Gasteiger charge is -2.07. The fourth-order valence-corrected chi connectivity index (χ4v) is 1.80. The van der Waals surface area contributed by atoms with E-state index >= 15 is 0 Å². The van der Waals surface area contributed by atoms with Gasteiger partial charge in [0.15, 0.2) is 5.78 Å². The number of halogens is 1. The maximum atomic E-state index is 12.1. The quantitative estimate of drug-likeness (QED) is 0.173. The zero-order valence-corrected chi connectivity index (χ0v) is 20.6. The van der Waals surface area contributed by atoms with Gasteiger partial charge in [-0.1, -0.05) is 20.8 Å². The fourth-order valence-electron chi connectivity index (χ4n) is 1.80. The minimum atomic E-state index is -0.956. The Morgan fingerprint density at radius 3 is 1.67 bits per heavy atom. The summed E-state index contributed by atoms with van der Waals surface area (Å²) in [5.74, 6) is -0.0559. The summed E-state index contributed by atoms with van der Waals surface area (Å²) in [5, 5.41) is 4.97. The number of ketones is 1. The van der Waals surface area contributed by atoms with Crippen LogP contribution in [0.4, 0.5) is 4.39 Å². The van der Waals surface area contributed by atoms with E-state index in [1.807, 2.05) is 6.92 Å². The highest BCUT2D eigenvalue weighted by Crippen LogP contribution is 1.91. The molecule has 10 nitrogen and oxygen atoms in total. The summed E-state index contributed by atoms with van der Waals surface area (Å²) in [4.78, 5) is 31.7. The van der Waals surface area contributed by atoms with Crippen molar-refractivity contribution in [2.24, 2.45) is 5.92 Å². The van der Waals surface area contributed by atoms with Gasteiger partial charge in [0.25, 0.3) is 0 Å². The van der Waals surface area contributed by atoms with Crippen molar-refractivity contribution in [3.05, 3.63) is 0 Å². The zero-order chi connectivity index (χ0) is 25.2. The van der Waals surface area contributed by atoms with E-state index in [0.29, 0.717) is 78.8 Å². The first kappa shape index (κ1) is 33.5. The monoisotopic (exact) mass is 482 g/mol. The lowest BCUT2D eigenvalue weighted by molar-refractivity contribution is -0.124. The normalized spacial score (nSPS) is 11.5. The number of nitrogens with one attached hydrogen (secondary N) is 2. The predicted octanol–water partition coefficient (Wildman–Crippen LogP) is 0.911. The molecule has 1 unspecified atom stereocenters. The van der Waals surface area contributed by atoms with Crippen LogP contribution in [0.1, 0.15) is 34.1 Å². The van der Waals surface area contributed by atoms with Crippen molar-refractivity contribution >= 4 is 18.1 Å². The molecule has 0 rings (SSSR count). The molecular formula is C22H43FN2O8. The van der Waals surface area contributed by atoms with Crippen molar-refractivity contribution in [3.63, 3.8) is 0 Å². The average Bonchev–Trinajstić information content (AvgIpc) is 2.79. The van der Waals surface area contributed by atoms with Crippen LogP contribution in [0.2, 0.25) is 0 Å². The van der Waals surface area contributed by atoms with E-state index in [-0.39, 0.29) is 30.8 Å². The number of amides is 2. The molecule has 196 valence electrons. The Kier molecular flexibility index (Phi) is 27.0. The molecule has 0 saturated heterocycles. The van der Waals surface area contributed by atoms with Crippen molar-refractivity contribution in [3.8, 4) is 0 Å². The Hall–Kier alpha value is -1.66. The van der Waals surface area contributed by atoms with Gasteiger partial charge in [0, 0.05) is 25.4 Å². The van der Waals surface area contributed by atoms with Crippen molar-refractivity contribution in [1.82, 2.24) is 10.6 Å². The maximum Gasteiger partial charge on any atom is 0.222 e. The van der Waals surface area contributed by atoms with E-state index < -0.39 is 6.17 Å². The van der Waals surface area contributed by atoms with Gasteiger partial charge in [-0.25, -0.2) is 4.39 Å². The van der Waals surface area contributed by atoms with Gasteiger partial charge in [-0.15, -0.1) is 0 Å². The van der Waals surface area contributed by atoms with Gasteiger partial charge < -0.3 is 34.3 Å². The lowest BCUT2D eigenvalue weighted by atomic mass is 10.2. The first-order valence-corrected chi connectivity index (χ1v) is 11.3. The minimum Gasteiger partial charge on any atom is -0.377 e. The van der Waals surface area contributed by atoms with E-state index in [9.17, 15) is 18.8 Å². The van der Waals surface area contributed by atoms with Crippen molar-refractivity contribution in [1.29, 1.82) is 0 Å². The van der Waals surface area contributed by atoms with Crippen molar-refractivity contribution < 1.29 is 42.5 Å². The SMILES string of the molecule is CC(F)CNC(=O)C(C)C.CCC(=O)COCCOCCOCCOCCOCCNC=O. The molecule has 33 heavy (non-hydrogen) atoms. The van der Waals surface area contributed by atoms with Crippen LogP contribution in [0.5, 0.6) is 0 Å². The summed E-state index contributed by atoms with van der Waals surface area (Å²) in [6.45, 7) is 11.9. The van der Waals surface area contributed by atoms with Gasteiger partial charge in [-0.05, 0) is 6.92 Å². The molecule has 0 aliphatic heterocycles. The summed E-state index contributed by atoms with van der Waals surface area (Å²) >= 11 is 0. The van der Waals surface area contributed by atoms with Crippen LogP contribution in [0.15, 0.2) is 0 Å². The van der Waals surface area contributed by atoms with Crippen LogP contribution < -0.4 is 10.6 Å². The summed E-state index contributed by atoms with van der Waals surface area (Å²) in [5.41, 5.74) is 0. The highest BCUT2D eigenvalue weighted by molar-refractivity contribution is 5.79. The molecule has 0 fully saturated rings. The molecule has 0 aromatic carbocycles. The first-order chi connectivity index (χ1) is 15.8. The first-order valence-electron chi connectivity index (χ1n) is 11.3. The molecular weight excluding hydrogens is 439 g/mol. The molecule has 0 saturated carbocycles. The number of hydrogen-bond donors (Lipinski definition) is 2. The van der Waals surface area contributed by atoms with Gasteiger partial charge in [0.05, 0.1) is 59.5 Å². The lowest BCUT2D eigenvalue weighted by Crippen LogP contribution is -2.32. The number of carbonyl (C=O) groups is 3. The largest absolute Gasteiger partial charge is 0.377 e. The van der Waals surface area contributed by atoms with E-state index in [2.05, 4.69) is 10.6 Å². The third-order valence-electron chi connectivity index (χ3n) is 3.70. The molecule has 0 aliphatic carbocycles. The third-order valence-corrected chi connectivity index (χ3v) is 3.70. The van der Waals surface area contributed by atoms with E-state index in [1.54, 1.807) is 13.8 Å². The molecule has 0 heterocycles. The molecule has 1 atom stereocenters. The molecule has 11 heteroatoms. The zero-order valence-electron chi connectivity index (χ0n) is 20.6. The Labute approximate surface area is 197 Å². The Morgan fingerprint density at radius 2 is 1.27 bits per heavy atom. The molecule has 0 aromatic rings. The molecule has 0 radical (unpaired) electrons. The van der Waals surface area contributed by atoms with Crippen LogP contribution in [0.25, 0.3) is 0 Å². The van der Waals surface area contributed by atoms with Crippen LogP contribution in [-0.2, 0) is 38.1 Å². The van der Waals surface area contributed by atoms with E-state index in [0.717, 1.165) is 0 Å². The van der Waals surface area contributed by atoms with Gasteiger partial charge >= 0.3 is 0 Å². The molecule has 0 spiro atoms. The summed E-state index contributed by atoms with van der Waals surface area (Å²) in [6.07, 6.45) is 0.185. The molecule has 2 N–H and O–H groups in total. The predicted molar refractivity (Wildman–Crippen MR) is 122 cm³/mol. The van der Waals surface area contributed by atoms with Crippen LogP contribution in [0, 0.1) is 5.92 Å². The number of hydrogen-bond acceptors (Lipinski definition) is 8.